The standard InChI is InChI=1S/C15H17NO4/c1-2-6-12(15(19)20)16-13(17)9-11(14(16)18)10-7-4-3-5-8-10/h3-5,7-8,11-12H,2,6,9H2,1H3,(H,19,20). The third-order valence-electron chi connectivity index (χ3n) is 3.54. The molecule has 5 heteroatoms. The Balaban J connectivity index is 2.27. The van der Waals surface area contributed by atoms with Gasteiger partial charge in [-0.25, -0.2) is 4.79 Å². The fourth-order valence-corrected chi connectivity index (χ4v) is 2.56. The SMILES string of the molecule is CCCC(C(=O)O)N1C(=O)CC(c2ccccc2)C1=O. The maximum absolute atomic E-state index is 12.4. The maximum Gasteiger partial charge on any atom is 0.326 e. The summed E-state index contributed by atoms with van der Waals surface area (Å²) in [7, 11) is 0. The van der Waals surface area contributed by atoms with Gasteiger partial charge in [-0.1, -0.05) is 43.7 Å². The van der Waals surface area contributed by atoms with Crippen LogP contribution in [-0.2, 0) is 14.4 Å². The first kappa shape index (κ1) is 14.2. The highest BCUT2D eigenvalue weighted by molar-refractivity contribution is 6.08. The van der Waals surface area contributed by atoms with Crippen LogP contribution in [0, 0.1) is 0 Å². The van der Waals surface area contributed by atoms with Crippen molar-refractivity contribution in [3.05, 3.63) is 35.9 Å². The van der Waals surface area contributed by atoms with Crippen molar-refractivity contribution in [2.24, 2.45) is 0 Å². The molecular weight excluding hydrogens is 258 g/mol. The number of carboxylic acid groups (broad SMARTS) is 1. The monoisotopic (exact) mass is 275 g/mol. The molecule has 20 heavy (non-hydrogen) atoms. The van der Waals surface area contributed by atoms with E-state index in [4.69, 9.17) is 0 Å². The van der Waals surface area contributed by atoms with Crippen LogP contribution < -0.4 is 0 Å². The number of amides is 2. The van der Waals surface area contributed by atoms with Gasteiger partial charge in [-0.15, -0.1) is 0 Å². The topological polar surface area (TPSA) is 74.7 Å². The van der Waals surface area contributed by atoms with Gasteiger partial charge in [0.25, 0.3) is 0 Å². The van der Waals surface area contributed by atoms with Gasteiger partial charge in [-0.3, -0.25) is 14.5 Å². The molecule has 1 aliphatic rings. The Hall–Kier alpha value is -2.17. The molecular formula is C15H17NO4. The fourth-order valence-electron chi connectivity index (χ4n) is 2.56. The number of likely N-dealkylation sites (tertiary alicyclic amines) is 1. The summed E-state index contributed by atoms with van der Waals surface area (Å²) in [5.41, 5.74) is 0.758. The van der Waals surface area contributed by atoms with Gasteiger partial charge in [0.2, 0.25) is 11.8 Å². The molecule has 2 atom stereocenters. The molecule has 0 aliphatic carbocycles. The number of carbonyl (C=O) groups excluding carboxylic acids is 2. The Bertz CT molecular complexity index is 526. The van der Waals surface area contributed by atoms with Gasteiger partial charge >= 0.3 is 5.97 Å². The first-order valence-electron chi connectivity index (χ1n) is 6.70. The summed E-state index contributed by atoms with van der Waals surface area (Å²) >= 11 is 0. The van der Waals surface area contributed by atoms with Gasteiger partial charge in [0.1, 0.15) is 6.04 Å². The number of aliphatic carboxylic acids is 1. The second-order valence-corrected chi connectivity index (χ2v) is 4.91. The molecule has 1 aromatic rings. The van der Waals surface area contributed by atoms with Crippen LogP contribution in [0.3, 0.4) is 0 Å². The number of imide groups is 1. The minimum Gasteiger partial charge on any atom is -0.480 e. The van der Waals surface area contributed by atoms with Gasteiger partial charge in [-0.2, -0.15) is 0 Å². The molecule has 5 nitrogen and oxygen atoms in total. The summed E-state index contributed by atoms with van der Waals surface area (Å²) < 4.78 is 0. The second kappa shape index (κ2) is 5.86. The molecule has 0 aromatic heterocycles. The van der Waals surface area contributed by atoms with Crippen LogP contribution in [0.1, 0.15) is 37.7 Å². The number of hydrogen-bond acceptors (Lipinski definition) is 3. The van der Waals surface area contributed by atoms with Crippen molar-refractivity contribution in [3.8, 4) is 0 Å². The summed E-state index contributed by atoms with van der Waals surface area (Å²) in [6, 6.07) is 7.96. The van der Waals surface area contributed by atoms with E-state index in [1.165, 1.54) is 0 Å². The highest BCUT2D eigenvalue weighted by atomic mass is 16.4. The Labute approximate surface area is 117 Å². The molecule has 0 bridgehead atoms. The first-order chi connectivity index (χ1) is 9.56. The van der Waals surface area contributed by atoms with E-state index >= 15 is 0 Å². The number of nitrogens with zero attached hydrogens (tertiary/aromatic N) is 1. The summed E-state index contributed by atoms with van der Waals surface area (Å²) in [6.07, 6.45) is 0.939. The zero-order valence-electron chi connectivity index (χ0n) is 11.3. The van der Waals surface area contributed by atoms with Crippen LogP contribution in [0.25, 0.3) is 0 Å². The number of rotatable bonds is 5. The van der Waals surface area contributed by atoms with Crippen molar-refractivity contribution in [2.45, 2.75) is 38.1 Å². The van der Waals surface area contributed by atoms with E-state index in [1.54, 1.807) is 24.3 Å². The zero-order chi connectivity index (χ0) is 14.7. The first-order valence-corrected chi connectivity index (χ1v) is 6.70. The molecule has 2 unspecified atom stereocenters. The van der Waals surface area contributed by atoms with Crippen LogP contribution >= 0.6 is 0 Å². The quantitative estimate of drug-likeness (QED) is 0.831. The molecule has 106 valence electrons. The number of carbonyl (C=O) groups is 3. The van der Waals surface area contributed by atoms with Crippen LogP contribution in [0.5, 0.6) is 0 Å². The van der Waals surface area contributed by atoms with Crippen LogP contribution in [0.4, 0.5) is 0 Å². The molecule has 1 fully saturated rings. The van der Waals surface area contributed by atoms with Crippen molar-refractivity contribution < 1.29 is 19.5 Å². The Morgan fingerprint density at radius 1 is 1.35 bits per heavy atom. The molecule has 0 spiro atoms. The van der Waals surface area contributed by atoms with Gasteiger partial charge in [-0.05, 0) is 12.0 Å². The van der Waals surface area contributed by atoms with Crippen LogP contribution in [0.15, 0.2) is 30.3 Å². The van der Waals surface area contributed by atoms with E-state index in [9.17, 15) is 19.5 Å². The predicted octanol–water partition coefficient (Wildman–Crippen LogP) is 1.78. The van der Waals surface area contributed by atoms with Crippen molar-refractivity contribution in [3.63, 3.8) is 0 Å². The van der Waals surface area contributed by atoms with Crippen molar-refractivity contribution in [2.75, 3.05) is 0 Å². The average Bonchev–Trinajstić information content (AvgIpc) is 2.72. The van der Waals surface area contributed by atoms with Gasteiger partial charge in [0.05, 0.1) is 5.92 Å². The highest BCUT2D eigenvalue weighted by Crippen LogP contribution is 2.31. The lowest BCUT2D eigenvalue weighted by Crippen LogP contribution is -2.44. The number of benzene rings is 1. The number of hydrogen-bond donors (Lipinski definition) is 1. The average molecular weight is 275 g/mol. The lowest BCUT2D eigenvalue weighted by molar-refractivity contribution is -0.154. The van der Waals surface area contributed by atoms with Crippen molar-refractivity contribution in [1.29, 1.82) is 0 Å². The minimum atomic E-state index is -1.12. The molecule has 1 aromatic carbocycles. The maximum atomic E-state index is 12.4. The molecule has 1 saturated heterocycles. The minimum absolute atomic E-state index is 0.0519. The van der Waals surface area contributed by atoms with Crippen LogP contribution in [-0.4, -0.2) is 33.8 Å². The van der Waals surface area contributed by atoms with E-state index in [0.29, 0.717) is 6.42 Å². The zero-order valence-corrected chi connectivity index (χ0v) is 11.3. The Kier molecular flexibility index (Phi) is 4.17. The summed E-state index contributed by atoms with van der Waals surface area (Å²) in [5, 5.41) is 9.21. The molecule has 2 rings (SSSR count). The summed E-state index contributed by atoms with van der Waals surface area (Å²) in [5.74, 6) is -2.48. The van der Waals surface area contributed by atoms with Crippen molar-refractivity contribution in [1.82, 2.24) is 4.90 Å². The highest BCUT2D eigenvalue weighted by Gasteiger charge is 2.44. The lowest BCUT2D eigenvalue weighted by Gasteiger charge is -2.22. The van der Waals surface area contributed by atoms with Gasteiger partial charge < -0.3 is 5.11 Å². The molecule has 1 N–H and O–H groups in total. The summed E-state index contributed by atoms with van der Waals surface area (Å²) in [4.78, 5) is 36.6. The third-order valence-corrected chi connectivity index (χ3v) is 3.54. The fraction of sp³-hybridized carbons (Fsp3) is 0.400. The van der Waals surface area contributed by atoms with E-state index < -0.39 is 29.7 Å². The number of carboxylic acids is 1. The van der Waals surface area contributed by atoms with Gasteiger partial charge in [0.15, 0.2) is 0 Å². The van der Waals surface area contributed by atoms with E-state index in [-0.39, 0.29) is 12.8 Å². The lowest BCUT2D eigenvalue weighted by atomic mass is 9.98. The smallest absolute Gasteiger partial charge is 0.326 e. The second-order valence-electron chi connectivity index (χ2n) is 4.91. The molecule has 0 radical (unpaired) electrons. The van der Waals surface area contributed by atoms with Crippen molar-refractivity contribution >= 4 is 17.8 Å². The third kappa shape index (κ3) is 2.57. The Morgan fingerprint density at radius 3 is 2.55 bits per heavy atom. The van der Waals surface area contributed by atoms with Gasteiger partial charge in [0, 0.05) is 6.42 Å². The molecule has 1 aliphatic heterocycles. The van der Waals surface area contributed by atoms with E-state index in [1.807, 2.05) is 13.0 Å². The largest absolute Gasteiger partial charge is 0.480 e. The molecule has 0 saturated carbocycles. The van der Waals surface area contributed by atoms with Crippen LogP contribution in [0.2, 0.25) is 0 Å². The van der Waals surface area contributed by atoms with E-state index in [0.717, 1.165) is 10.5 Å². The normalized spacial score (nSPS) is 20.2. The Morgan fingerprint density at radius 2 is 2.00 bits per heavy atom. The van der Waals surface area contributed by atoms with E-state index in [2.05, 4.69) is 0 Å². The molecule has 1 heterocycles. The summed E-state index contributed by atoms with van der Waals surface area (Å²) in [6.45, 7) is 1.83. The predicted molar refractivity (Wildman–Crippen MR) is 72.0 cm³/mol. The molecule has 2 amide bonds.